The average molecular weight is 147 g/mol. The lowest BCUT2D eigenvalue weighted by molar-refractivity contribution is 0.171. The van der Waals surface area contributed by atoms with Crippen LogP contribution in [0.5, 0.6) is 0 Å². The topological polar surface area (TPSA) is 0 Å². The van der Waals surface area contributed by atoms with Crippen LogP contribution in [0.15, 0.2) is 0 Å². The maximum atomic E-state index is 10.3. The molecule has 0 bridgehead atoms. The minimum Gasteiger partial charge on any atom is -0.211 e. The molecule has 0 heterocycles. The van der Waals surface area contributed by atoms with Gasteiger partial charge in [-0.25, -0.2) is 8.78 Å². The van der Waals surface area contributed by atoms with Crippen LogP contribution in [0.1, 0.15) is 6.92 Å². The van der Waals surface area contributed by atoms with Crippen LogP contribution < -0.4 is 0 Å². The molecular formula is C2H5BrF2. The Labute approximate surface area is 39.9 Å². The highest BCUT2D eigenvalue weighted by atomic mass is 79.9. The van der Waals surface area contributed by atoms with Gasteiger partial charge in [0.1, 0.15) is 0 Å². The second-order valence-corrected chi connectivity index (χ2v) is 0.519. The molecule has 0 N–H and O–H groups in total. The number of alkyl halides is 2. The monoisotopic (exact) mass is 146 g/mol. The zero-order chi connectivity index (χ0) is 3.58. The molecule has 0 aromatic carbocycles. The van der Waals surface area contributed by atoms with Crippen molar-refractivity contribution in [3.8, 4) is 0 Å². The van der Waals surface area contributed by atoms with Crippen LogP contribution in [-0.4, -0.2) is 6.43 Å². The van der Waals surface area contributed by atoms with E-state index in [-0.39, 0.29) is 17.0 Å². The molecule has 0 saturated heterocycles. The first-order valence-corrected chi connectivity index (χ1v) is 1.01. The summed E-state index contributed by atoms with van der Waals surface area (Å²) in [6.45, 7) is 0.833. The van der Waals surface area contributed by atoms with Crippen LogP contribution in [-0.2, 0) is 0 Å². The van der Waals surface area contributed by atoms with Crippen molar-refractivity contribution in [1.29, 1.82) is 0 Å². The van der Waals surface area contributed by atoms with Crippen LogP contribution >= 0.6 is 17.0 Å². The summed E-state index contributed by atoms with van der Waals surface area (Å²) in [5.74, 6) is 0. The molecule has 0 aromatic rings. The van der Waals surface area contributed by atoms with Gasteiger partial charge >= 0.3 is 0 Å². The lowest BCUT2D eigenvalue weighted by Crippen LogP contribution is -1.69. The number of hydrogen-bond acceptors (Lipinski definition) is 0. The first kappa shape index (κ1) is 9.02. The van der Waals surface area contributed by atoms with E-state index in [1.54, 1.807) is 0 Å². The number of rotatable bonds is 0. The summed E-state index contributed by atoms with van der Waals surface area (Å²) in [5.41, 5.74) is 0. The molecule has 0 saturated carbocycles. The second kappa shape index (κ2) is 4.34. The lowest BCUT2D eigenvalue weighted by Gasteiger charge is -1.70. The Morgan fingerprint density at radius 2 is 1.40 bits per heavy atom. The van der Waals surface area contributed by atoms with Gasteiger partial charge in [-0.05, 0) is 6.92 Å². The third-order valence-corrected chi connectivity index (χ3v) is 0. The van der Waals surface area contributed by atoms with E-state index in [1.807, 2.05) is 0 Å². The van der Waals surface area contributed by atoms with Crippen molar-refractivity contribution in [2.24, 2.45) is 0 Å². The molecule has 0 aliphatic carbocycles. The molecule has 5 heavy (non-hydrogen) atoms. The summed E-state index contributed by atoms with van der Waals surface area (Å²) in [6.07, 6.45) is -2.17. The van der Waals surface area contributed by atoms with Crippen molar-refractivity contribution in [3.05, 3.63) is 0 Å². The molecular weight excluding hydrogens is 142 g/mol. The molecule has 0 nitrogen and oxygen atoms in total. The fourth-order valence-corrected chi connectivity index (χ4v) is 0. The highest BCUT2D eigenvalue weighted by Crippen LogP contribution is 1.82. The molecule has 0 aliphatic rings. The summed E-state index contributed by atoms with van der Waals surface area (Å²) < 4.78 is 20.7. The predicted octanol–water partition coefficient (Wildman–Crippen LogP) is 1.85. The summed E-state index contributed by atoms with van der Waals surface area (Å²) >= 11 is 0. The van der Waals surface area contributed by atoms with Gasteiger partial charge in [-0.2, -0.15) is 0 Å². The molecule has 0 unspecified atom stereocenters. The normalized spacial score (nSPS) is 7.20. The largest absolute Gasteiger partial charge is 0.235 e. The summed E-state index contributed by atoms with van der Waals surface area (Å²) in [7, 11) is 0. The molecule has 0 atom stereocenters. The molecule has 0 rings (SSSR count). The summed E-state index contributed by atoms with van der Waals surface area (Å²) in [6, 6.07) is 0. The molecule has 3 heteroatoms. The minimum atomic E-state index is -2.17. The Bertz CT molecular complexity index is 12.4. The van der Waals surface area contributed by atoms with Crippen LogP contribution in [0.2, 0.25) is 0 Å². The number of hydrogen-bond donors (Lipinski definition) is 0. The van der Waals surface area contributed by atoms with Crippen molar-refractivity contribution >= 4 is 17.0 Å². The zero-order valence-electron chi connectivity index (χ0n) is 2.74. The Morgan fingerprint density at radius 1 is 1.40 bits per heavy atom. The van der Waals surface area contributed by atoms with Crippen LogP contribution in [0.4, 0.5) is 8.78 Å². The molecule has 0 aromatic heterocycles. The third-order valence-electron chi connectivity index (χ3n) is 0. The van der Waals surface area contributed by atoms with Crippen molar-refractivity contribution in [3.63, 3.8) is 0 Å². The molecule has 0 amide bonds. The standard InChI is InChI=1S/C2H4F2.BrH/c1-2(3)4;/h2H,1H3;1H. The fourth-order valence-electron chi connectivity index (χ4n) is 0. The Kier molecular flexibility index (Phi) is 7.83. The van der Waals surface area contributed by atoms with Gasteiger partial charge in [0.05, 0.1) is 0 Å². The van der Waals surface area contributed by atoms with Crippen molar-refractivity contribution in [2.45, 2.75) is 13.3 Å². The fraction of sp³-hybridized carbons (Fsp3) is 1.00. The highest BCUT2D eigenvalue weighted by Gasteiger charge is 1.79. The molecule has 0 fully saturated rings. The van der Waals surface area contributed by atoms with Gasteiger partial charge in [-0.1, -0.05) is 0 Å². The lowest BCUT2D eigenvalue weighted by atomic mass is 10.9. The van der Waals surface area contributed by atoms with Crippen molar-refractivity contribution in [2.75, 3.05) is 0 Å². The van der Waals surface area contributed by atoms with Gasteiger partial charge in [-0.15, -0.1) is 17.0 Å². The van der Waals surface area contributed by atoms with E-state index in [4.69, 9.17) is 0 Å². The molecule has 0 radical (unpaired) electrons. The van der Waals surface area contributed by atoms with E-state index in [2.05, 4.69) is 0 Å². The maximum absolute atomic E-state index is 10.3. The zero-order valence-corrected chi connectivity index (χ0v) is 4.45. The first-order valence-electron chi connectivity index (χ1n) is 1.01. The third kappa shape index (κ3) is 206. The van der Waals surface area contributed by atoms with E-state index in [0.29, 0.717) is 0 Å². The second-order valence-electron chi connectivity index (χ2n) is 0.519. The van der Waals surface area contributed by atoms with E-state index < -0.39 is 6.43 Å². The van der Waals surface area contributed by atoms with Crippen LogP contribution in [0.25, 0.3) is 0 Å². The molecule has 34 valence electrons. The first-order chi connectivity index (χ1) is 1.73. The van der Waals surface area contributed by atoms with E-state index in [1.165, 1.54) is 0 Å². The minimum absolute atomic E-state index is 0. The van der Waals surface area contributed by atoms with Gasteiger partial charge in [0.15, 0.2) is 0 Å². The highest BCUT2D eigenvalue weighted by molar-refractivity contribution is 8.93. The Morgan fingerprint density at radius 3 is 1.40 bits per heavy atom. The summed E-state index contributed by atoms with van der Waals surface area (Å²) in [4.78, 5) is 0. The average Bonchev–Trinajstić information content (AvgIpc) is 0.811. The maximum Gasteiger partial charge on any atom is 0.235 e. The quantitative estimate of drug-likeness (QED) is 0.490. The van der Waals surface area contributed by atoms with Gasteiger partial charge in [0, 0.05) is 0 Å². The van der Waals surface area contributed by atoms with Gasteiger partial charge in [-0.3, -0.25) is 0 Å². The smallest absolute Gasteiger partial charge is 0.211 e. The SMILES string of the molecule is Br.CC(F)F. The van der Waals surface area contributed by atoms with Crippen molar-refractivity contribution < 1.29 is 8.78 Å². The van der Waals surface area contributed by atoms with Crippen molar-refractivity contribution in [1.82, 2.24) is 0 Å². The van der Waals surface area contributed by atoms with E-state index in [9.17, 15) is 8.78 Å². The van der Waals surface area contributed by atoms with Crippen LogP contribution in [0, 0.1) is 0 Å². The Balaban J connectivity index is 0. The summed E-state index contributed by atoms with van der Waals surface area (Å²) in [5, 5.41) is 0. The Hall–Kier alpha value is 0.340. The van der Waals surface area contributed by atoms with Gasteiger partial charge < -0.3 is 0 Å². The van der Waals surface area contributed by atoms with E-state index in [0.717, 1.165) is 6.92 Å². The number of halogens is 3. The van der Waals surface area contributed by atoms with Crippen LogP contribution in [0.3, 0.4) is 0 Å². The van der Waals surface area contributed by atoms with Gasteiger partial charge in [0.25, 0.3) is 0 Å². The van der Waals surface area contributed by atoms with Gasteiger partial charge in [0.2, 0.25) is 6.43 Å². The molecule has 0 spiro atoms. The molecule has 0 aliphatic heterocycles. The predicted molar refractivity (Wildman–Crippen MR) is 22.0 cm³/mol. The van der Waals surface area contributed by atoms with E-state index >= 15 is 0 Å².